The van der Waals surface area contributed by atoms with Crippen molar-refractivity contribution in [3.8, 4) is 0 Å². The summed E-state index contributed by atoms with van der Waals surface area (Å²) in [6.45, 7) is -0.125. The van der Waals surface area contributed by atoms with Crippen LogP contribution in [0, 0.1) is 0 Å². The summed E-state index contributed by atoms with van der Waals surface area (Å²) in [6.07, 6.45) is 0.398. The average molecular weight is 306 g/mol. The molecule has 6 nitrogen and oxygen atoms in total. The van der Waals surface area contributed by atoms with Crippen LogP contribution in [0.25, 0.3) is 0 Å². The van der Waals surface area contributed by atoms with Crippen molar-refractivity contribution in [2.24, 2.45) is 0 Å². The van der Waals surface area contributed by atoms with E-state index in [0.717, 1.165) is 5.56 Å². The van der Waals surface area contributed by atoms with Crippen molar-refractivity contribution in [3.05, 3.63) is 35.9 Å². The van der Waals surface area contributed by atoms with Gasteiger partial charge >= 0.3 is 0 Å². The van der Waals surface area contributed by atoms with E-state index in [4.69, 9.17) is 0 Å². The third-order valence-corrected chi connectivity index (χ3v) is 5.26. The Kier molecular flexibility index (Phi) is 5.92. The molecule has 0 heterocycles. The van der Waals surface area contributed by atoms with Crippen LogP contribution in [0.1, 0.15) is 5.56 Å². The molecule has 0 saturated heterocycles. The number of aryl methyl sites for hydroxylation is 1. The lowest BCUT2D eigenvalue weighted by molar-refractivity contribution is 0.578. The second-order valence-electron chi connectivity index (χ2n) is 3.97. The van der Waals surface area contributed by atoms with E-state index in [1.54, 1.807) is 0 Å². The number of rotatable bonds is 8. The van der Waals surface area contributed by atoms with Gasteiger partial charge in [0.25, 0.3) is 0 Å². The highest BCUT2D eigenvalue weighted by Crippen LogP contribution is 2.01. The molecule has 0 aliphatic carbocycles. The summed E-state index contributed by atoms with van der Waals surface area (Å²) in [6, 6.07) is 9.24. The lowest BCUT2D eigenvalue weighted by atomic mass is 10.2. The first kappa shape index (κ1) is 16.1. The maximum Gasteiger partial charge on any atom is 0.212 e. The Morgan fingerprint density at radius 2 is 1.58 bits per heavy atom. The molecule has 0 bridgehead atoms. The van der Waals surface area contributed by atoms with Gasteiger partial charge < -0.3 is 0 Å². The Morgan fingerprint density at radius 3 is 2.16 bits per heavy atom. The number of benzene rings is 1. The molecule has 2 N–H and O–H groups in total. The second-order valence-corrected chi connectivity index (χ2v) is 7.94. The minimum Gasteiger partial charge on any atom is -0.218 e. The maximum absolute atomic E-state index is 11.7. The van der Waals surface area contributed by atoms with Crippen molar-refractivity contribution >= 4 is 20.0 Å². The molecular formula is C11H18N2O4S2. The van der Waals surface area contributed by atoms with Gasteiger partial charge in [0.1, 0.15) is 0 Å². The highest BCUT2D eigenvalue weighted by atomic mass is 32.2. The zero-order chi connectivity index (χ0) is 14.4. The van der Waals surface area contributed by atoms with Crippen molar-refractivity contribution in [2.45, 2.75) is 6.42 Å². The molecule has 0 aliphatic heterocycles. The van der Waals surface area contributed by atoms with Gasteiger partial charge in [0.15, 0.2) is 0 Å². The summed E-state index contributed by atoms with van der Waals surface area (Å²) in [7, 11) is -5.55. The molecule has 1 aromatic carbocycles. The Labute approximate surface area is 114 Å². The van der Waals surface area contributed by atoms with E-state index in [9.17, 15) is 16.8 Å². The van der Waals surface area contributed by atoms with Gasteiger partial charge in [-0.3, -0.25) is 0 Å². The smallest absolute Gasteiger partial charge is 0.212 e. The molecule has 0 spiro atoms. The molecule has 0 saturated carbocycles. The first-order chi connectivity index (χ1) is 8.85. The van der Waals surface area contributed by atoms with E-state index >= 15 is 0 Å². The van der Waals surface area contributed by atoms with Crippen LogP contribution in [0.2, 0.25) is 0 Å². The van der Waals surface area contributed by atoms with Gasteiger partial charge in [0.05, 0.1) is 11.5 Å². The van der Waals surface area contributed by atoms with Gasteiger partial charge in [-0.1, -0.05) is 30.3 Å². The Hall–Kier alpha value is -0.960. The summed E-state index contributed by atoms with van der Waals surface area (Å²) < 4.78 is 49.9. The molecule has 8 heteroatoms. The normalized spacial score (nSPS) is 12.5. The fourth-order valence-corrected chi connectivity index (χ4v) is 3.17. The summed E-state index contributed by atoms with van der Waals surface area (Å²) in [5.41, 5.74) is 0.927. The van der Waals surface area contributed by atoms with Crippen LogP contribution in [0.3, 0.4) is 0 Å². The van der Waals surface area contributed by atoms with Crippen molar-refractivity contribution in [3.63, 3.8) is 0 Å². The lowest BCUT2D eigenvalue weighted by Gasteiger charge is -2.07. The SMILES string of the molecule is CNS(=O)(=O)CCNS(=O)(=O)CCc1ccccc1. The number of hydrogen-bond donors (Lipinski definition) is 2. The van der Waals surface area contributed by atoms with E-state index in [0.29, 0.717) is 6.42 Å². The fraction of sp³-hybridized carbons (Fsp3) is 0.455. The minimum absolute atomic E-state index is 0.0589. The standard InChI is InChI=1S/C11H18N2O4S2/c1-12-18(14,15)10-8-13-19(16,17)9-7-11-5-3-2-4-6-11/h2-6,12-13H,7-10H2,1H3. The van der Waals surface area contributed by atoms with Crippen molar-refractivity contribution in [1.29, 1.82) is 0 Å². The van der Waals surface area contributed by atoms with E-state index in [1.165, 1.54) is 7.05 Å². The third kappa shape index (κ3) is 6.67. The molecule has 1 rings (SSSR count). The summed E-state index contributed by atoms with van der Waals surface area (Å²) >= 11 is 0. The zero-order valence-corrected chi connectivity index (χ0v) is 12.3. The van der Waals surface area contributed by atoms with Gasteiger partial charge in [-0.2, -0.15) is 0 Å². The van der Waals surface area contributed by atoms with Crippen LogP contribution in [-0.4, -0.2) is 41.9 Å². The fourth-order valence-electron chi connectivity index (χ4n) is 1.40. The predicted octanol–water partition coefficient (Wildman–Crippen LogP) is -0.302. The third-order valence-electron chi connectivity index (χ3n) is 2.51. The molecule has 0 unspecified atom stereocenters. The number of hydrogen-bond acceptors (Lipinski definition) is 4. The quantitative estimate of drug-likeness (QED) is 0.689. The molecule has 0 aromatic heterocycles. The minimum atomic E-state index is -3.45. The molecule has 1 aromatic rings. The molecule has 0 fully saturated rings. The predicted molar refractivity (Wildman–Crippen MR) is 74.8 cm³/mol. The van der Waals surface area contributed by atoms with Crippen LogP contribution in [0.15, 0.2) is 30.3 Å². The lowest BCUT2D eigenvalue weighted by Crippen LogP contribution is -2.34. The molecule has 0 radical (unpaired) electrons. The molecule has 0 amide bonds. The average Bonchev–Trinajstić information content (AvgIpc) is 2.37. The van der Waals surface area contributed by atoms with Gasteiger partial charge in [0.2, 0.25) is 20.0 Å². The number of nitrogens with one attached hydrogen (secondary N) is 2. The van der Waals surface area contributed by atoms with Crippen molar-refractivity contribution < 1.29 is 16.8 Å². The monoisotopic (exact) mass is 306 g/mol. The molecule has 108 valence electrons. The van der Waals surface area contributed by atoms with E-state index in [1.807, 2.05) is 30.3 Å². The van der Waals surface area contributed by atoms with E-state index < -0.39 is 20.0 Å². The van der Waals surface area contributed by atoms with Gasteiger partial charge in [-0.15, -0.1) is 0 Å². The Balaban J connectivity index is 2.41. The van der Waals surface area contributed by atoms with E-state index in [2.05, 4.69) is 9.44 Å². The van der Waals surface area contributed by atoms with Crippen LogP contribution in [0.4, 0.5) is 0 Å². The Morgan fingerprint density at radius 1 is 0.947 bits per heavy atom. The topological polar surface area (TPSA) is 92.3 Å². The summed E-state index contributed by atoms with van der Waals surface area (Å²) in [5, 5.41) is 0. The zero-order valence-electron chi connectivity index (χ0n) is 10.7. The number of sulfonamides is 2. The van der Waals surface area contributed by atoms with Crippen LogP contribution in [-0.2, 0) is 26.5 Å². The van der Waals surface area contributed by atoms with E-state index in [-0.39, 0.29) is 18.1 Å². The first-order valence-electron chi connectivity index (χ1n) is 5.77. The largest absolute Gasteiger partial charge is 0.218 e. The second kappa shape index (κ2) is 6.99. The summed E-state index contributed by atoms with van der Waals surface area (Å²) in [4.78, 5) is 0. The molecule has 19 heavy (non-hydrogen) atoms. The summed E-state index contributed by atoms with van der Waals surface area (Å²) in [5.74, 6) is -0.329. The van der Waals surface area contributed by atoms with Crippen LogP contribution >= 0.6 is 0 Å². The van der Waals surface area contributed by atoms with Crippen LogP contribution in [0.5, 0.6) is 0 Å². The molecular weight excluding hydrogens is 288 g/mol. The molecule has 0 aliphatic rings. The maximum atomic E-state index is 11.7. The van der Waals surface area contributed by atoms with Crippen LogP contribution < -0.4 is 9.44 Å². The van der Waals surface area contributed by atoms with Gasteiger partial charge in [0, 0.05) is 6.54 Å². The van der Waals surface area contributed by atoms with Crippen molar-refractivity contribution in [1.82, 2.24) is 9.44 Å². The highest BCUT2D eigenvalue weighted by molar-refractivity contribution is 7.90. The van der Waals surface area contributed by atoms with Crippen molar-refractivity contribution in [2.75, 3.05) is 25.1 Å². The van der Waals surface area contributed by atoms with Gasteiger partial charge in [-0.05, 0) is 19.0 Å². The first-order valence-corrected chi connectivity index (χ1v) is 9.07. The molecule has 0 atom stereocenters. The highest BCUT2D eigenvalue weighted by Gasteiger charge is 2.12. The van der Waals surface area contributed by atoms with Gasteiger partial charge in [-0.25, -0.2) is 26.3 Å². The Bertz CT molecular complexity index is 582.